The van der Waals surface area contributed by atoms with Gasteiger partial charge in [-0.2, -0.15) is 0 Å². The molecule has 0 aliphatic carbocycles. The fraction of sp³-hybridized carbons (Fsp3) is 0.375. The van der Waals surface area contributed by atoms with Crippen molar-refractivity contribution in [2.45, 2.75) is 32.7 Å². The SMILES string of the molecule is CNc1cc(C(=O)NC(C)c2ccco2)cc(C(C)C)n1. The van der Waals surface area contributed by atoms with Gasteiger partial charge in [0.05, 0.1) is 12.3 Å². The van der Waals surface area contributed by atoms with Crippen LogP contribution in [0.4, 0.5) is 5.82 Å². The number of nitrogens with zero attached hydrogens (tertiary/aromatic N) is 1. The Labute approximate surface area is 124 Å². The Hall–Kier alpha value is -2.30. The zero-order valence-corrected chi connectivity index (χ0v) is 12.8. The van der Waals surface area contributed by atoms with E-state index in [0.717, 1.165) is 11.5 Å². The van der Waals surface area contributed by atoms with Crippen molar-refractivity contribution in [1.29, 1.82) is 0 Å². The van der Waals surface area contributed by atoms with Crippen LogP contribution in [-0.2, 0) is 0 Å². The first-order chi connectivity index (χ1) is 10.0. The largest absolute Gasteiger partial charge is 0.467 e. The van der Waals surface area contributed by atoms with Crippen molar-refractivity contribution in [2.24, 2.45) is 0 Å². The summed E-state index contributed by atoms with van der Waals surface area (Å²) in [7, 11) is 1.79. The van der Waals surface area contributed by atoms with E-state index in [-0.39, 0.29) is 17.9 Å². The van der Waals surface area contributed by atoms with Crippen molar-refractivity contribution in [3.05, 3.63) is 47.5 Å². The van der Waals surface area contributed by atoms with Gasteiger partial charge in [-0.3, -0.25) is 4.79 Å². The molecule has 21 heavy (non-hydrogen) atoms. The highest BCUT2D eigenvalue weighted by Gasteiger charge is 2.15. The zero-order valence-electron chi connectivity index (χ0n) is 12.8. The normalized spacial score (nSPS) is 12.2. The van der Waals surface area contributed by atoms with Gasteiger partial charge in [-0.05, 0) is 37.1 Å². The van der Waals surface area contributed by atoms with Crippen molar-refractivity contribution in [1.82, 2.24) is 10.3 Å². The fourth-order valence-electron chi connectivity index (χ4n) is 2.00. The third kappa shape index (κ3) is 3.62. The number of carbonyl (C=O) groups is 1. The van der Waals surface area contributed by atoms with Crippen LogP contribution in [0.2, 0.25) is 0 Å². The number of pyridine rings is 1. The summed E-state index contributed by atoms with van der Waals surface area (Å²) in [4.78, 5) is 16.8. The van der Waals surface area contributed by atoms with Crippen molar-refractivity contribution in [3.63, 3.8) is 0 Å². The molecule has 1 unspecified atom stereocenters. The molecule has 2 N–H and O–H groups in total. The Bertz CT molecular complexity index is 606. The maximum Gasteiger partial charge on any atom is 0.252 e. The van der Waals surface area contributed by atoms with E-state index in [4.69, 9.17) is 4.42 Å². The minimum Gasteiger partial charge on any atom is -0.467 e. The van der Waals surface area contributed by atoms with Gasteiger partial charge in [0.25, 0.3) is 5.91 Å². The van der Waals surface area contributed by atoms with Crippen LogP contribution in [0, 0.1) is 0 Å². The molecular weight excluding hydrogens is 266 g/mol. The van der Waals surface area contributed by atoms with Gasteiger partial charge in [-0.1, -0.05) is 13.8 Å². The van der Waals surface area contributed by atoms with E-state index in [1.165, 1.54) is 0 Å². The first-order valence-electron chi connectivity index (χ1n) is 7.05. The maximum atomic E-state index is 12.4. The summed E-state index contributed by atoms with van der Waals surface area (Å²) >= 11 is 0. The lowest BCUT2D eigenvalue weighted by Crippen LogP contribution is -2.26. The Morgan fingerprint density at radius 2 is 2.05 bits per heavy atom. The lowest BCUT2D eigenvalue weighted by Gasteiger charge is -2.14. The second-order valence-corrected chi connectivity index (χ2v) is 5.28. The predicted octanol–water partition coefficient (Wildman–Crippen LogP) is 3.33. The lowest BCUT2D eigenvalue weighted by molar-refractivity contribution is 0.0935. The minimum absolute atomic E-state index is 0.139. The van der Waals surface area contributed by atoms with E-state index in [9.17, 15) is 4.79 Å². The van der Waals surface area contributed by atoms with E-state index in [2.05, 4.69) is 29.5 Å². The summed E-state index contributed by atoms with van der Waals surface area (Å²) in [5.74, 6) is 1.54. The molecule has 2 heterocycles. The molecule has 1 amide bonds. The van der Waals surface area contributed by atoms with Crippen molar-refractivity contribution >= 4 is 11.7 Å². The second kappa shape index (κ2) is 6.43. The van der Waals surface area contributed by atoms with Crippen LogP contribution < -0.4 is 10.6 Å². The van der Waals surface area contributed by atoms with E-state index in [0.29, 0.717) is 11.4 Å². The fourth-order valence-corrected chi connectivity index (χ4v) is 2.00. The van der Waals surface area contributed by atoms with Gasteiger partial charge in [0.15, 0.2) is 0 Å². The number of anilines is 1. The van der Waals surface area contributed by atoms with Gasteiger partial charge in [0.2, 0.25) is 0 Å². The van der Waals surface area contributed by atoms with Crippen LogP contribution in [0.3, 0.4) is 0 Å². The number of furan rings is 1. The first kappa shape index (κ1) is 15.1. The number of rotatable bonds is 5. The van der Waals surface area contributed by atoms with Gasteiger partial charge >= 0.3 is 0 Å². The number of aromatic nitrogens is 1. The summed E-state index contributed by atoms with van der Waals surface area (Å²) < 4.78 is 5.30. The first-order valence-corrected chi connectivity index (χ1v) is 7.05. The quantitative estimate of drug-likeness (QED) is 0.885. The zero-order chi connectivity index (χ0) is 15.4. The second-order valence-electron chi connectivity index (χ2n) is 5.28. The van der Waals surface area contributed by atoms with Crippen molar-refractivity contribution in [2.75, 3.05) is 12.4 Å². The van der Waals surface area contributed by atoms with Gasteiger partial charge in [0, 0.05) is 18.3 Å². The summed E-state index contributed by atoms with van der Waals surface area (Å²) in [5, 5.41) is 5.92. The van der Waals surface area contributed by atoms with E-state index in [1.54, 1.807) is 25.4 Å². The minimum atomic E-state index is -0.179. The highest BCUT2D eigenvalue weighted by Crippen LogP contribution is 2.19. The van der Waals surface area contributed by atoms with Crippen LogP contribution in [0.25, 0.3) is 0 Å². The van der Waals surface area contributed by atoms with Gasteiger partial charge in [0.1, 0.15) is 11.6 Å². The molecule has 1 atom stereocenters. The smallest absolute Gasteiger partial charge is 0.252 e. The van der Waals surface area contributed by atoms with Crippen molar-refractivity contribution < 1.29 is 9.21 Å². The van der Waals surface area contributed by atoms with Gasteiger partial charge < -0.3 is 15.1 Å². The average molecular weight is 287 g/mol. The van der Waals surface area contributed by atoms with Gasteiger partial charge in [-0.25, -0.2) is 4.98 Å². The van der Waals surface area contributed by atoms with Crippen LogP contribution in [0.15, 0.2) is 34.9 Å². The molecule has 112 valence electrons. The molecule has 0 saturated heterocycles. The van der Waals surface area contributed by atoms with E-state index >= 15 is 0 Å². The molecule has 0 bridgehead atoms. The number of nitrogens with one attached hydrogen (secondary N) is 2. The number of amides is 1. The summed E-state index contributed by atoms with van der Waals surface area (Å²) in [6, 6.07) is 7.04. The molecule has 2 aromatic rings. The Morgan fingerprint density at radius 1 is 1.29 bits per heavy atom. The third-order valence-electron chi connectivity index (χ3n) is 3.27. The van der Waals surface area contributed by atoms with E-state index < -0.39 is 0 Å². The topological polar surface area (TPSA) is 67.2 Å². The molecule has 0 saturated carbocycles. The molecule has 0 fully saturated rings. The number of carbonyl (C=O) groups excluding carboxylic acids is 1. The van der Waals surface area contributed by atoms with Crippen LogP contribution in [0.5, 0.6) is 0 Å². The lowest BCUT2D eigenvalue weighted by atomic mass is 10.1. The van der Waals surface area contributed by atoms with Crippen LogP contribution in [-0.4, -0.2) is 17.9 Å². The molecule has 2 aromatic heterocycles. The summed E-state index contributed by atoms with van der Waals surface area (Å²) in [5.41, 5.74) is 1.48. The summed E-state index contributed by atoms with van der Waals surface area (Å²) in [6.45, 7) is 5.99. The predicted molar refractivity (Wildman–Crippen MR) is 82.5 cm³/mol. The highest BCUT2D eigenvalue weighted by molar-refractivity contribution is 5.95. The standard InChI is InChI=1S/C16H21N3O2/c1-10(2)13-8-12(9-15(17-4)19-13)16(20)18-11(3)14-6-5-7-21-14/h5-11H,1-4H3,(H,17,19)(H,18,20). The third-order valence-corrected chi connectivity index (χ3v) is 3.27. The number of hydrogen-bond acceptors (Lipinski definition) is 4. The molecule has 0 aromatic carbocycles. The Morgan fingerprint density at radius 3 is 2.62 bits per heavy atom. The summed E-state index contributed by atoms with van der Waals surface area (Å²) in [6.07, 6.45) is 1.60. The van der Waals surface area contributed by atoms with E-state index in [1.807, 2.05) is 19.1 Å². The van der Waals surface area contributed by atoms with Crippen LogP contribution in [0.1, 0.15) is 54.5 Å². The van der Waals surface area contributed by atoms with Gasteiger partial charge in [-0.15, -0.1) is 0 Å². The molecule has 0 radical (unpaired) electrons. The highest BCUT2D eigenvalue weighted by atomic mass is 16.3. The maximum absolute atomic E-state index is 12.4. The molecule has 2 rings (SSSR count). The van der Waals surface area contributed by atoms with Crippen molar-refractivity contribution in [3.8, 4) is 0 Å². The molecule has 5 nitrogen and oxygen atoms in total. The monoisotopic (exact) mass is 287 g/mol. The number of hydrogen-bond donors (Lipinski definition) is 2. The van der Waals surface area contributed by atoms with Crippen LogP contribution >= 0.6 is 0 Å². The average Bonchev–Trinajstić information content (AvgIpc) is 3.00. The molecule has 0 aliphatic rings. The molecule has 0 aliphatic heterocycles. The molecule has 5 heteroatoms. The molecular formula is C16H21N3O2. The molecule has 0 spiro atoms. The Kier molecular flexibility index (Phi) is 4.62. The Balaban J connectivity index is 2.20.